The van der Waals surface area contributed by atoms with Crippen LogP contribution in [0.25, 0.3) is 0 Å². The Kier molecular flexibility index (Phi) is 6.53. The zero-order valence-corrected chi connectivity index (χ0v) is 16.2. The number of nitrogens with one attached hydrogen (secondary N) is 2. The van der Waals surface area contributed by atoms with Gasteiger partial charge in [0.25, 0.3) is 0 Å². The first kappa shape index (κ1) is 19.3. The molecule has 0 atom stereocenters. The Bertz CT molecular complexity index is 951. The summed E-state index contributed by atoms with van der Waals surface area (Å²) in [4.78, 5) is 8.32. The fourth-order valence-electron chi connectivity index (χ4n) is 2.41. The molecule has 3 aromatic rings. The third-order valence-corrected chi connectivity index (χ3v) is 4.08. The highest BCUT2D eigenvalue weighted by Gasteiger charge is 2.08. The van der Waals surface area contributed by atoms with E-state index in [1.807, 2.05) is 77.7 Å². The van der Waals surface area contributed by atoms with Crippen LogP contribution < -0.4 is 22.1 Å². The molecule has 0 radical (unpaired) electrons. The van der Waals surface area contributed by atoms with Crippen LogP contribution in [0.15, 0.2) is 76.7 Å². The van der Waals surface area contributed by atoms with Crippen LogP contribution in [0.4, 0.5) is 23.0 Å². The third kappa shape index (κ3) is 5.52. The summed E-state index contributed by atoms with van der Waals surface area (Å²) in [7, 11) is 0. The van der Waals surface area contributed by atoms with Gasteiger partial charge in [-0.05, 0) is 30.5 Å². The fourth-order valence-corrected chi connectivity index (χ4v) is 2.85. The van der Waals surface area contributed by atoms with E-state index in [1.54, 1.807) is 11.8 Å². The quantitative estimate of drug-likeness (QED) is 0.376. The van der Waals surface area contributed by atoms with Gasteiger partial charge in [-0.15, -0.1) is 11.8 Å². The first-order valence-corrected chi connectivity index (χ1v) is 9.92. The summed E-state index contributed by atoms with van der Waals surface area (Å²) in [6, 6.07) is 21.1. The molecule has 0 spiro atoms. The molecule has 6 N–H and O–H groups in total. The lowest BCUT2D eigenvalue weighted by Gasteiger charge is -2.07. The molecular weight excluding hydrogens is 372 g/mol. The lowest BCUT2D eigenvalue weighted by Crippen LogP contribution is -2.25. The molecule has 0 aliphatic carbocycles. The Balaban J connectivity index is 1.76. The van der Waals surface area contributed by atoms with Gasteiger partial charge in [-0.1, -0.05) is 36.4 Å². The number of aromatic nitrogens is 2. The second kappa shape index (κ2) is 9.47. The molecule has 1 heterocycles. The van der Waals surface area contributed by atoms with E-state index in [1.165, 1.54) is 0 Å². The third-order valence-electron chi connectivity index (χ3n) is 3.57. The lowest BCUT2D eigenvalue weighted by atomic mass is 10.3. The Morgan fingerprint density at radius 3 is 2.32 bits per heavy atom. The Labute approximate surface area is 167 Å². The summed E-state index contributed by atoms with van der Waals surface area (Å²) in [6.07, 6.45) is 2.01. The maximum Gasteiger partial charge on any atom is 0.225 e. The molecule has 0 aliphatic rings. The van der Waals surface area contributed by atoms with Crippen molar-refractivity contribution in [3.8, 4) is 0 Å². The van der Waals surface area contributed by atoms with E-state index in [9.17, 15) is 0 Å². The summed E-state index contributed by atoms with van der Waals surface area (Å²) in [5.74, 6) is 2.10. The van der Waals surface area contributed by atoms with E-state index in [0.29, 0.717) is 11.7 Å². The molecule has 144 valence electrons. The number of thioether (sulfide) groups is 1. The normalized spacial score (nSPS) is 12.0. The van der Waals surface area contributed by atoms with Crippen LogP contribution in [0.2, 0.25) is 0 Å². The summed E-state index contributed by atoms with van der Waals surface area (Å²) in [5.41, 5.74) is 13.6. The van der Waals surface area contributed by atoms with Gasteiger partial charge in [0.15, 0.2) is 5.82 Å². The number of nitrogens with zero attached hydrogens (tertiary/aromatic N) is 4. The zero-order valence-electron chi connectivity index (χ0n) is 15.4. The van der Waals surface area contributed by atoms with Crippen molar-refractivity contribution in [1.29, 1.82) is 0 Å². The predicted octanol–water partition coefficient (Wildman–Crippen LogP) is 3.32. The molecule has 1 aromatic heterocycles. The fraction of sp³-hybridized carbons (Fsp3) is 0.105. The molecule has 0 fully saturated rings. The summed E-state index contributed by atoms with van der Waals surface area (Å²) >= 11 is 1.65. The van der Waals surface area contributed by atoms with E-state index >= 15 is 0 Å². The van der Waals surface area contributed by atoms with E-state index in [0.717, 1.165) is 17.2 Å². The van der Waals surface area contributed by atoms with Crippen molar-refractivity contribution >= 4 is 46.7 Å². The molecule has 0 saturated carbocycles. The van der Waals surface area contributed by atoms with Crippen LogP contribution in [0.1, 0.15) is 0 Å². The minimum atomic E-state index is 0.0148. The van der Waals surface area contributed by atoms with Crippen molar-refractivity contribution in [1.82, 2.24) is 9.78 Å². The number of para-hydroxylation sites is 2. The van der Waals surface area contributed by atoms with Gasteiger partial charge >= 0.3 is 0 Å². The summed E-state index contributed by atoms with van der Waals surface area (Å²) in [6.45, 7) is 0. The van der Waals surface area contributed by atoms with Crippen LogP contribution in [0.5, 0.6) is 0 Å². The number of benzene rings is 2. The minimum Gasteiger partial charge on any atom is -0.369 e. The number of rotatable bonds is 6. The average molecular weight is 395 g/mol. The predicted molar refractivity (Wildman–Crippen MR) is 118 cm³/mol. The lowest BCUT2D eigenvalue weighted by molar-refractivity contribution is 0.762. The molecule has 0 amide bonds. The van der Waals surface area contributed by atoms with Gasteiger partial charge in [-0.3, -0.25) is 0 Å². The maximum absolute atomic E-state index is 5.91. The Hall–Kier alpha value is -3.46. The zero-order chi connectivity index (χ0) is 19.8. The van der Waals surface area contributed by atoms with E-state index in [-0.39, 0.29) is 11.9 Å². The molecule has 28 heavy (non-hydrogen) atoms. The second-order valence-electron chi connectivity index (χ2n) is 5.75. The van der Waals surface area contributed by atoms with Crippen LogP contribution in [-0.4, -0.2) is 28.0 Å². The number of hydrogen-bond acceptors (Lipinski definition) is 4. The van der Waals surface area contributed by atoms with Gasteiger partial charge in [-0.25, -0.2) is 4.68 Å². The Morgan fingerprint density at radius 2 is 1.68 bits per heavy atom. The van der Waals surface area contributed by atoms with Crippen LogP contribution in [0.3, 0.4) is 0 Å². The topological polar surface area (TPSA) is 119 Å². The monoisotopic (exact) mass is 394 g/mol. The van der Waals surface area contributed by atoms with Crippen molar-refractivity contribution in [3.05, 3.63) is 66.7 Å². The molecule has 3 rings (SSSR count). The van der Waals surface area contributed by atoms with Gasteiger partial charge in [0.2, 0.25) is 11.9 Å². The molecule has 0 saturated heterocycles. The van der Waals surface area contributed by atoms with Crippen molar-refractivity contribution < 1.29 is 0 Å². The SMILES string of the molecule is CSCn1nc(N=C(N)N=C(N)Nc2ccccc2)cc1Nc1ccccc1. The van der Waals surface area contributed by atoms with Gasteiger partial charge in [0.05, 0.1) is 5.88 Å². The molecule has 8 nitrogen and oxygen atoms in total. The molecule has 2 aromatic carbocycles. The average Bonchev–Trinajstić information content (AvgIpc) is 3.04. The van der Waals surface area contributed by atoms with Crippen LogP contribution in [-0.2, 0) is 5.88 Å². The van der Waals surface area contributed by atoms with Crippen LogP contribution >= 0.6 is 11.8 Å². The van der Waals surface area contributed by atoms with Gasteiger partial charge in [0.1, 0.15) is 5.82 Å². The molecule has 9 heteroatoms. The van der Waals surface area contributed by atoms with Crippen molar-refractivity contribution in [2.45, 2.75) is 5.88 Å². The molecule has 0 bridgehead atoms. The molecular formula is C19H22N8S. The van der Waals surface area contributed by atoms with Crippen molar-refractivity contribution in [3.63, 3.8) is 0 Å². The highest BCUT2D eigenvalue weighted by atomic mass is 32.2. The first-order chi connectivity index (χ1) is 13.6. The standard InChI is InChI=1S/C19H22N8S/c1-28-13-27-17(22-14-8-4-2-5-9-14)12-16(26-27)24-19(21)25-18(20)23-15-10-6-3-7-11-15/h2-12,22H,13H2,1H3,(H5,20,21,23,24,25,26). The van der Waals surface area contributed by atoms with E-state index < -0.39 is 0 Å². The maximum atomic E-state index is 5.91. The largest absolute Gasteiger partial charge is 0.369 e. The summed E-state index contributed by atoms with van der Waals surface area (Å²) < 4.78 is 1.82. The van der Waals surface area contributed by atoms with Gasteiger partial charge in [-0.2, -0.15) is 15.1 Å². The Morgan fingerprint density at radius 1 is 1.04 bits per heavy atom. The first-order valence-electron chi connectivity index (χ1n) is 8.53. The van der Waals surface area contributed by atoms with E-state index in [2.05, 4.69) is 25.7 Å². The van der Waals surface area contributed by atoms with Gasteiger partial charge < -0.3 is 22.1 Å². The minimum absolute atomic E-state index is 0.0148. The number of hydrogen-bond donors (Lipinski definition) is 4. The second-order valence-corrected chi connectivity index (χ2v) is 6.59. The number of aliphatic imine (C=N–C) groups is 2. The number of nitrogens with two attached hydrogens (primary N) is 2. The molecule has 0 aliphatic heterocycles. The number of guanidine groups is 2. The van der Waals surface area contributed by atoms with Crippen molar-refractivity contribution in [2.24, 2.45) is 21.5 Å². The van der Waals surface area contributed by atoms with Crippen molar-refractivity contribution in [2.75, 3.05) is 16.9 Å². The molecule has 0 unspecified atom stereocenters. The highest BCUT2D eigenvalue weighted by molar-refractivity contribution is 7.97. The number of anilines is 3. The highest BCUT2D eigenvalue weighted by Crippen LogP contribution is 2.23. The smallest absolute Gasteiger partial charge is 0.225 e. The van der Waals surface area contributed by atoms with Crippen LogP contribution in [0, 0.1) is 0 Å². The van der Waals surface area contributed by atoms with Gasteiger partial charge in [0, 0.05) is 17.4 Å². The summed E-state index contributed by atoms with van der Waals surface area (Å²) in [5, 5.41) is 10.7. The van der Waals surface area contributed by atoms with E-state index in [4.69, 9.17) is 11.5 Å².